The highest BCUT2D eigenvalue weighted by Crippen LogP contribution is 2.11. The summed E-state index contributed by atoms with van der Waals surface area (Å²) in [5.74, 6) is -0.287. The lowest BCUT2D eigenvalue weighted by molar-refractivity contribution is -0.144. The van der Waals surface area contributed by atoms with Gasteiger partial charge in [0.1, 0.15) is 6.61 Å². The number of benzene rings is 2. The third-order valence-electron chi connectivity index (χ3n) is 3.10. The molecule has 0 aliphatic heterocycles. The van der Waals surface area contributed by atoms with Gasteiger partial charge >= 0.3 is 5.97 Å². The Labute approximate surface area is 123 Å². The predicted molar refractivity (Wildman–Crippen MR) is 80.1 cm³/mol. The van der Waals surface area contributed by atoms with Crippen molar-refractivity contribution in [2.24, 2.45) is 0 Å². The molecule has 0 aromatic heterocycles. The molecule has 106 valence electrons. The highest BCUT2D eigenvalue weighted by atomic mass is 16.5. The molecule has 0 bridgehead atoms. The van der Waals surface area contributed by atoms with E-state index in [9.17, 15) is 4.79 Å². The average molecular weight is 280 g/mol. The topological polar surface area (TPSA) is 76.1 Å². The van der Waals surface area contributed by atoms with Gasteiger partial charge < -0.3 is 10.5 Å². The number of rotatable bonds is 5. The number of ether oxygens (including phenoxy) is 1. The van der Waals surface area contributed by atoms with Crippen LogP contribution in [0, 0.1) is 11.3 Å². The van der Waals surface area contributed by atoms with Crippen molar-refractivity contribution in [2.75, 3.05) is 5.73 Å². The minimum absolute atomic E-state index is 0.124. The molecule has 2 aromatic carbocycles. The van der Waals surface area contributed by atoms with Gasteiger partial charge in [0.2, 0.25) is 0 Å². The van der Waals surface area contributed by atoms with E-state index in [1.54, 1.807) is 24.3 Å². The van der Waals surface area contributed by atoms with Gasteiger partial charge in [0.05, 0.1) is 11.6 Å². The minimum Gasteiger partial charge on any atom is -0.461 e. The van der Waals surface area contributed by atoms with E-state index in [1.807, 2.05) is 24.3 Å². The van der Waals surface area contributed by atoms with Crippen LogP contribution < -0.4 is 5.73 Å². The summed E-state index contributed by atoms with van der Waals surface area (Å²) in [4.78, 5) is 11.7. The summed E-state index contributed by atoms with van der Waals surface area (Å²) in [7, 11) is 0. The van der Waals surface area contributed by atoms with Gasteiger partial charge in [0.15, 0.2) is 0 Å². The van der Waals surface area contributed by atoms with E-state index in [4.69, 9.17) is 15.7 Å². The maximum atomic E-state index is 11.7. The van der Waals surface area contributed by atoms with Crippen molar-refractivity contribution in [3.63, 3.8) is 0 Å². The van der Waals surface area contributed by atoms with Crippen LogP contribution in [0.1, 0.15) is 23.1 Å². The van der Waals surface area contributed by atoms with Crippen molar-refractivity contribution >= 4 is 11.7 Å². The van der Waals surface area contributed by atoms with Gasteiger partial charge in [-0.15, -0.1) is 0 Å². The second-order valence-electron chi connectivity index (χ2n) is 4.67. The van der Waals surface area contributed by atoms with Crippen molar-refractivity contribution in [1.29, 1.82) is 5.26 Å². The third-order valence-corrected chi connectivity index (χ3v) is 3.10. The molecular weight excluding hydrogens is 264 g/mol. The average Bonchev–Trinajstić information content (AvgIpc) is 2.51. The molecule has 2 N–H and O–H groups in total. The molecular formula is C17H16N2O2. The zero-order valence-corrected chi connectivity index (χ0v) is 11.6. The number of nitriles is 1. The molecule has 0 heterocycles. The first-order valence-corrected chi connectivity index (χ1v) is 6.67. The zero-order valence-electron chi connectivity index (χ0n) is 11.6. The number of carbonyl (C=O) groups is 1. The zero-order chi connectivity index (χ0) is 15.1. The van der Waals surface area contributed by atoms with Crippen molar-refractivity contribution in [1.82, 2.24) is 0 Å². The van der Waals surface area contributed by atoms with E-state index < -0.39 is 0 Å². The minimum atomic E-state index is -0.287. The summed E-state index contributed by atoms with van der Waals surface area (Å²) in [5, 5.41) is 8.96. The number of nitrogens with two attached hydrogens (primary N) is 1. The number of aryl methyl sites for hydroxylation is 1. The molecule has 0 aliphatic rings. The lowest BCUT2D eigenvalue weighted by Gasteiger charge is -2.06. The Morgan fingerprint density at radius 2 is 2.00 bits per heavy atom. The van der Waals surface area contributed by atoms with Crippen molar-refractivity contribution in [3.05, 3.63) is 65.2 Å². The number of nitrogen functional groups attached to an aromatic ring is 1. The maximum absolute atomic E-state index is 11.7. The van der Waals surface area contributed by atoms with Crippen LogP contribution in [-0.2, 0) is 22.6 Å². The lowest BCUT2D eigenvalue weighted by Crippen LogP contribution is -2.07. The van der Waals surface area contributed by atoms with E-state index in [0.29, 0.717) is 17.7 Å². The molecule has 0 unspecified atom stereocenters. The SMILES string of the molecule is N#Cc1ccccc1COC(=O)CCc1cccc(N)c1. The predicted octanol–water partition coefficient (Wildman–Crippen LogP) is 2.82. The number of hydrogen-bond acceptors (Lipinski definition) is 4. The van der Waals surface area contributed by atoms with E-state index in [0.717, 1.165) is 11.1 Å². The molecule has 0 fully saturated rings. The number of nitrogens with zero attached hydrogens (tertiary/aromatic N) is 1. The van der Waals surface area contributed by atoms with Gasteiger partial charge in [-0.1, -0.05) is 30.3 Å². The lowest BCUT2D eigenvalue weighted by atomic mass is 10.1. The molecule has 0 saturated heterocycles. The van der Waals surface area contributed by atoms with Crippen LogP contribution >= 0.6 is 0 Å². The standard InChI is InChI=1S/C17H16N2O2/c18-11-14-5-1-2-6-15(14)12-21-17(20)9-8-13-4-3-7-16(19)10-13/h1-7,10H,8-9,12,19H2. The molecule has 2 rings (SSSR count). The van der Waals surface area contributed by atoms with Crippen LogP contribution in [0.5, 0.6) is 0 Å². The Morgan fingerprint density at radius 1 is 1.19 bits per heavy atom. The summed E-state index contributed by atoms with van der Waals surface area (Å²) < 4.78 is 5.20. The summed E-state index contributed by atoms with van der Waals surface area (Å²) >= 11 is 0. The quantitative estimate of drug-likeness (QED) is 0.675. The smallest absolute Gasteiger partial charge is 0.306 e. The van der Waals surface area contributed by atoms with Crippen LogP contribution in [0.15, 0.2) is 48.5 Å². The molecule has 0 atom stereocenters. The fourth-order valence-electron chi connectivity index (χ4n) is 1.98. The van der Waals surface area contributed by atoms with Crippen LogP contribution in [0.3, 0.4) is 0 Å². The van der Waals surface area contributed by atoms with Crippen molar-refractivity contribution in [2.45, 2.75) is 19.4 Å². The highest BCUT2D eigenvalue weighted by Gasteiger charge is 2.07. The van der Waals surface area contributed by atoms with Gasteiger partial charge in [0, 0.05) is 17.7 Å². The molecule has 0 radical (unpaired) electrons. The number of carbonyl (C=O) groups excluding carboxylic acids is 1. The van der Waals surface area contributed by atoms with E-state index in [2.05, 4.69) is 6.07 Å². The van der Waals surface area contributed by atoms with E-state index in [-0.39, 0.29) is 19.0 Å². The number of esters is 1. The Kier molecular flexibility index (Phi) is 4.94. The van der Waals surface area contributed by atoms with E-state index >= 15 is 0 Å². The van der Waals surface area contributed by atoms with Gasteiger partial charge in [0.25, 0.3) is 0 Å². The molecule has 21 heavy (non-hydrogen) atoms. The summed E-state index contributed by atoms with van der Waals surface area (Å²) in [6, 6.07) is 16.6. The van der Waals surface area contributed by atoms with Crippen LogP contribution in [0.25, 0.3) is 0 Å². The Morgan fingerprint density at radius 3 is 2.76 bits per heavy atom. The Bertz CT molecular complexity index is 674. The number of hydrogen-bond donors (Lipinski definition) is 1. The fraction of sp³-hybridized carbons (Fsp3) is 0.176. The monoisotopic (exact) mass is 280 g/mol. The van der Waals surface area contributed by atoms with Crippen molar-refractivity contribution in [3.8, 4) is 6.07 Å². The maximum Gasteiger partial charge on any atom is 0.306 e. The first-order chi connectivity index (χ1) is 10.2. The van der Waals surface area contributed by atoms with Crippen LogP contribution in [0.4, 0.5) is 5.69 Å². The first kappa shape index (κ1) is 14.6. The summed E-state index contributed by atoms with van der Waals surface area (Å²) in [6.45, 7) is 0.124. The molecule has 0 amide bonds. The van der Waals surface area contributed by atoms with Gasteiger partial charge in [-0.25, -0.2) is 0 Å². The first-order valence-electron chi connectivity index (χ1n) is 6.67. The highest BCUT2D eigenvalue weighted by molar-refractivity contribution is 5.69. The molecule has 0 aliphatic carbocycles. The fourth-order valence-corrected chi connectivity index (χ4v) is 1.98. The van der Waals surface area contributed by atoms with Crippen LogP contribution in [0.2, 0.25) is 0 Å². The molecule has 0 saturated carbocycles. The number of anilines is 1. The Hall–Kier alpha value is -2.80. The third kappa shape index (κ3) is 4.36. The second-order valence-corrected chi connectivity index (χ2v) is 4.67. The molecule has 0 spiro atoms. The molecule has 4 nitrogen and oxygen atoms in total. The summed E-state index contributed by atoms with van der Waals surface area (Å²) in [5.41, 5.74) is 8.62. The van der Waals surface area contributed by atoms with E-state index in [1.165, 1.54) is 0 Å². The normalized spacial score (nSPS) is 9.86. The van der Waals surface area contributed by atoms with Crippen molar-refractivity contribution < 1.29 is 9.53 Å². The summed E-state index contributed by atoms with van der Waals surface area (Å²) in [6.07, 6.45) is 0.877. The second kappa shape index (κ2) is 7.11. The van der Waals surface area contributed by atoms with Gasteiger partial charge in [-0.2, -0.15) is 5.26 Å². The van der Waals surface area contributed by atoms with Gasteiger partial charge in [-0.05, 0) is 30.2 Å². The molecule has 4 heteroatoms. The Balaban J connectivity index is 1.84. The molecule has 2 aromatic rings. The van der Waals surface area contributed by atoms with Gasteiger partial charge in [-0.3, -0.25) is 4.79 Å². The largest absolute Gasteiger partial charge is 0.461 e. The van der Waals surface area contributed by atoms with Crippen LogP contribution in [-0.4, -0.2) is 5.97 Å².